The van der Waals surface area contributed by atoms with Gasteiger partial charge in [0.25, 0.3) is 5.91 Å². The Kier molecular flexibility index (Phi) is 9.94. The smallest absolute Gasteiger partial charge is 0.251 e. The number of amides is 1. The summed E-state index contributed by atoms with van der Waals surface area (Å²) < 4.78 is 33.1. The molecule has 11 heteroatoms. The molecule has 0 radical (unpaired) electrons. The number of aliphatic hydroxyl groups is 1. The highest BCUT2D eigenvalue weighted by Crippen LogP contribution is 2.27. The number of sulfonamides is 1. The van der Waals surface area contributed by atoms with Crippen LogP contribution in [0.15, 0.2) is 48.7 Å². The zero-order valence-electron chi connectivity index (χ0n) is 22.2. The first-order valence-corrected chi connectivity index (χ1v) is 14.6. The Morgan fingerprint density at radius 1 is 1.16 bits per heavy atom. The molecule has 1 amide bonds. The second kappa shape index (κ2) is 12.8. The largest absolute Gasteiger partial charge is 0.489 e. The molecule has 0 aliphatic carbocycles. The van der Waals surface area contributed by atoms with Crippen LogP contribution in [-0.2, 0) is 23.5 Å². The molecular formula is C27H35ClN4O5S. The van der Waals surface area contributed by atoms with Crippen molar-refractivity contribution in [3.8, 4) is 17.0 Å². The van der Waals surface area contributed by atoms with Crippen molar-refractivity contribution in [2.45, 2.75) is 51.8 Å². The number of aliphatic hydroxyl groups excluding tert-OH is 1. The monoisotopic (exact) mass is 562 g/mol. The standard InChI is InChI=1S/C27H35ClN4O5S/c1-17(2)37-25-11-10-21(15-23(25)28)27(34)29-22(12-13-33)14-19-6-8-20(9-7-19)24-16-32(4)26(30-24)18(3)31-38(5,35)36/h6-11,15-18,22,31,33H,12-14H2,1-5H3,(H,29,34)/t18?,22-/m1/s1. The fraction of sp³-hybridized carbons (Fsp3) is 0.407. The van der Waals surface area contributed by atoms with Crippen molar-refractivity contribution in [3.63, 3.8) is 0 Å². The van der Waals surface area contributed by atoms with Crippen molar-refractivity contribution in [2.75, 3.05) is 12.9 Å². The highest BCUT2D eigenvalue weighted by atomic mass is 35.5. The van der Waals surface area contributed by atoms with Crippen LogP contribution in [0.5, 0.6) is 5.75 Å². The lowest BCUT2D eigenvalue weighted by Crippen LogP contribution is -2.37. The summed E-state index contributed by atoms with van der Waals surface area (Å²) >= 11 is 6.29. The third-order valence-electron chi connectivity index (χ3n) is 5.79. The maximum atomic E-state index is 12.9. The summed E-state index contributed by atoms with van der Waals surface area (Å²) in [6.45, 7) is 5.47. The van der Waals surface area contributed by atoms with E-state index >= 15 is 0 Å². The Balaban J connectivity index is 1.69. The summed E-state index contributed by atoms with van der Waals surface area (Å²) in [5.74, 6) is 0.839. The van der Waals surface area contributed by atoms with E-state index < -0.39 is 16.1 Å². The molecule has 3 rings (SSSR count). The van der Waals surface area contributed by atoms with E-state index in [9.17, 15) is 18.3 Å². The molecule has 206 valence electrons. The molecular weight excluding hydrogens is 528 g/mol. The number of rotatable bonds is 12. The first-order valence-electron chi connectivity index (χ1n) is 12.3. The van der Waals surface area contributed by atoms with Crippen LogP contribution in [0.25, 0.3) is 11.3 Å². The quantitative estimate of drug-likeness (QED) is 0.308. The number of hydrogen-bond donors (Lipinski definition) is 3. The summed E-state index contributed by atoms with van der Waals surface area (Å²) in [5, 5.41) is 12.9. The van der Waals surface area contributed by atoms with E-state index in [0.29, 0.717) is 35.0 Å². The van der Waals surface area contributed by atoms with Gasteiger partial charge in [-0.1, -0.05) is 35.9 Å². The van der Waals surface area contributed by atoms with E-state index in [1.165, 1.54) is 0 Å². The van der Waals surface area contributed by atoms with Crippen molar-refractivity contribution in [1.29, 1.82) is 0 Å². The van der Waals surface area contributed by atoms with Gasteiger partial charge in [0.05, 0.1) is 29.1 Å². The third-order valence-corrected chi connectivity index (χ3v) is 6.87. The number of nitrogens with zero attached hydrogens (tertiary/aromatic N) is 2. The van der Waals surface area contributed by atoms with Gasteiger partial charge in [-0.3, -0.25) is 4.79 Å². The molecule has 1 heterocycles. The minimum absolute atomic E-state index is 0.0346. The molecule has 1 aromatic heterocycles. The molecule has 2 atom stereocenters. The number of nitrogens with one attached hydrogen (secondary N) is 2. The summed E-state index contributed by atoms with van der Waals surface area (Å²) in [5.41, 5.74) is 2.99. The van der Waals surface area contributed by atoms with Gasteiger partial charge in [0, 0.05) is 37.0 Å². The molecule has 2 aromatic carbocycles. The number of hydrogen-bond acceptors (Lipinski definition) is 6. The van der Waals surface area contributed by atoms with Crippen molar-refractivity contribution in [3.05, 3.63) is 70.6 Å². The predicted molar refractivity (Wildman–Crippen MR) is 149 cm³/mol. The highest BCUT2D eigenvalue weighted by molar-refractivity contribution is 7.88. The molecule has 1 unspecified atom stereocenters. The lowest BCUT2D eigenvalue weighted by molar-refractivity contribution is 0.0930. The van der Waals surface area contributed by atoms with Gasteiger partial charge < -0.3 is 19.7 Å². The Morgan fingerprint density at radius 3 is 2.42 bits per heavy atom. The van der Waals surface area contributed by atoms with Crippen LogP contribution in [0.1, 0.15) is 55.0 Å². The predicted octanol–water partition coefficient (Wildman–Crippen LogP) is 3.86. The van der Waals surface area contributed by atoms with E-state index in [2.05, 4.69) is 15.0 Å². The molecule has 3 N–H and O–H groups in total. The van der Waals surface area contributed by atoms with E-state index in [-0.39, 0.29) is 24.7 Å². The first kappa shape index (κ1) is 29.6. The third kappa shape index (κ3) is 8.29. The molecule has 0 saturated carbocycles. The lowest BCUT2D eigenvalue weighted by atomic mass is 10.0. The number of aryl methyl sites for hydroxylation is 1. The fourth-order valence-corrected chi connectivity index (χ4v) is 5.11. The van der Waals surface area contributed by atoms with Crippen LogP contribution < -0.4 is 14.8 Å². The van der Waals surface area contributed by atoms with Gasteiger partial charge in [-0.2, -0.15) is 0 Å². The van der Waals surface area contributed by atoms with Crippen LogP contribution in [-0.4, -0.2) is 54.0 Å². The summed E-state index contributed by atoms with van der Waals surface area (Å²) in [6.07, 6.45) is 3.85. The average Bonchev–Trinajstić information content (AvgIpc) is 3.21. The van der Waals surface area contributed by atoms with Crippen molar-refractivity contribution in [1.82, 2.24) is 19.6 Å². The van der Waals surface area contributed by atoms with E-state index in [1.807, 2.05) is 51.4 Å². The summed E-state index contributed by atoms with van der Waals surface area (Å²) in [4.78, 5) is 17.5. The average molecular weight is 563 g/mol. The van der Waals surface area contributed by atoms with E-state index in [1.54, 1.807) is 29.7 Å². The molecule has 9 nitrogen and oxygen atoms in total. The lowest BCUT2D eigenvalue weighted by Gasteiger charge is -2.19. The molecule has 0 fully saturated rings. The Hall–Kier alpha value is -2.92. The number of carbonyl (C=O) groups excluding carboxylic acids is 1. The fourth-order valence-electron chi connectivity index (χ4n) is 4.13. The zero-order valence-corrected chi connectivity index (χ0v) is 23.8. The molecule has 38 heavy (non-hydrogen) atoms. The molecule has 0 aliphatic rings. The number of imidazole rings is 1. The zero-order chi connectivity index (χ0) is 28.0. The second-order valence-electron chi connectivity index (χ2n) is 9.60. The number of aromatic nitrogens is 2. The van der Waals surface area contributed by atoms with Gasteiger partial charge in [-0.25, -0.2) is 18.1 Å². The Morgan fingerprint density at radius 2 is 1.84 bits per heavy atom. The van der Waals surface area contributed by atoms with Crippen molar-refractivity contribution >= 4 is 27.5 Å². The van der Waals surface area contributed by atoms with Crippen LogP contribution in [0.4, 0.5) is 0 Å². The Labute approximate surface area is 229 Å². The van der Waals surface area contributed by atoms with Gasteiger partial charge in [0.1, 0.15) is 11.6 Å². The van der Waals surface area contributed by atoms with Gasteiger partial charge in [0.15, 0.2) is 0 Å². The van der Waals surface area contributed by atoms with Crippen LogP contribution >= 0.6 is 11.6 Å². The van der Waals surface area contributed by atoms with Gasteiger partial charge in [0.2, 0.25) is 10.0 Å². The minimum atomic E-state index is -3.36. The normalized spacial score (nSPS) is 13.4. The molecule has 0 aliphatic heterocycles. The Bertz CT molecular complexity index is 1360. The van der Waals surface area contributed by atoms with E-state index in [0.717, 1.165) is 23.1 Å². The topological polar surface area (TPSA) is 123 Å². The number of carbonyl (C=O) groups is 1. The van der Waals surface area contributed by atoms with Crippen molar-refractivity contribution in [2.24, 2.45) is 7.05 Å². The van der Waals surface area contributed by atoms with Gasteiger partial charge in [-0.15, -0.1) is 0 Å². The second-order valence-corrected chi connectivity index (χ2v) is 11.8. The SMILES string of the molecule is CC(C)Oc1ccc(C(=O)N[C@H](CCO)Cc2ccc(-c3cn(C)c(C(C)NS(C)(=O)=O)n3)cc2)cc1Cl. The van der Waals surface area contributed by atoms with Gasteiger partial charge in [-0.05, 0) is 57.4 Å². The van der Waals surface area contributed by atoms with E-state index in [4.69, 9.17) is 16.3 Å². The number of halogens is 1. The van der Waals surface area contributed by atoms with Crippen LogP contribution in [0.2, 0.25) is 5.02 Å². The minimum Gasteiger partial charge on any atom is -0.489 e. The van der Waals surface area contributed by atoms with Gasteiger partial charge >= 0.3 is 0 Å². The van der Waals surface area contributed by atoms with Crippen LogP contribution in [0, 0.1) is 0 Å². The molecule has 0 bridgehead atoms. The molecule has 0 saturated heterocycles. The summed E-state index contributed by atoms with van der Waals surface area (Å²) in [6, 6.07) is 11.9. The van der Waals surface area contributed by atoms with Crippen LogP contribution in [0.3, 0.4) is 0 Å². The maximum Gasteiger partial charge on any atom is 0.251 e. The highest BCUT2D eigenvalue weighted by Gasteiger charge is 2.19. The summed E-state index contributed by atoms with van der Waals surface area (Å²) in [7, 11) is -1.54. The number of benzene rings is 2. The molecule has 0 spiro atoms. The number of ether oxygens (including phenoxy) is 1. The molecule has 3 aromatic rings. The first-order chi connectivity index (χ1) is 17.9. The maximum absolute atomic E-state index is 12.9. The van der Waals surface area contributed by atoms with Crippen molar-refractivity contribution < 1.29 is 23.1 Å².